The van der Waals surface area contributed by atoms with Gasteiger partial charge in [0.15, 0.2) is 0 Å². The maximum absolute atomic E-state index is 10.9. The first-order chi connectivity index (χ1) is 6.45. The van der Waals surface area contributed by atoms with Crippen molar-refractivity contribution in [2.45, 2.75) is 33.6 Å². The second-order valence-corrected chi connectivity index (χ2v) is 3.60. The first-order valence-corrected chi connectivity index (χ1v) is 4.91. The van der Waals surface area contributed by atoms with E-state index in [4.69, 9.17) is 10.2 Å². The van der Waals surface area contributed by atoms with Crippen LogP contribution in [0.2, 0.25) is 0 Å². The Morgan fingerprint density at radius 2 is 1.57 bits per heavy atom. The van der Waals surface area contributed by atoms with Crippen LogP contribution in [0.4, 0.5) is 0 Å². The van der Waals surface area contributed by atoms with Gasteiger partial charge in [-0.25, -0.2) is 0 Å². The summed E-state index contributed by atoms with van der Waals surface area (Å²) in [6.45, 7) is 5.36. The van der Waals surface area contributed by atoms with Crippen LogP contribution in [-0.2, 0) is 9.59 Å². The zero-order chi connectivity index (χ0) is 11.3. The van der Waals surface area contributed by atoms with E-state index in [-0.39, 0.29) is 5.92 Å². The molecule has 0 bridgehead atoms. The molecule has 0 spiro atoms. The predicted molar refractivity (Wildman–Crippen MR) is 52.0 cm³/mol. The van der Waals surface area contributed by atoms with Gasteiger partial charge in [-0.3, -0.25) is 9.59 Å². The summed E-state index contributed by atoms with van der Waals surface area (Å²) in [5.41, 5.74) is 0. The molecule has 14 heavy (non-hydrogen) atoms. The fourth-order valence-corrected chi connectivity index (χ4v) is 1.65. The van der Waals surface area contributed by atoms with Gasteiger partial charge in [0.1, 0.15) is 0 Å². The summed E-state index contributed by atoms with van der Waals surface area (Å²) in [6, 6.07) is 0. The van der Waals surface area contributed by atoms with E-state index in [9.17, 15) is 9.59 Å². The molecule has 0 aliphatic carbocycles. The van der Waals surface area contributed by atoms with Crippen LogP contribution in [0.1, 0.15) is 33.6 Å². The summed E-state index contributed by atoms with van der Waals surface area (Å²) in [5.74, 6) is -3.67. The topological polar surface area (TPSA) is 74.6 Å². The highest BCUT2D eigenvalue weighted by molar-refractivity contribution is 5.80. The number of carboxylic acid groups (broad SMARTS) is 2. The Labute approximate surface area is 83.9 Å². The molecule has 3 atom stereocenters. The molecule has 0 heterocycles. The standard InChI is InChI=1S/C10H18O4/c1-4-6(3)8(10(13)14)7(5-2)9(11)12/h6-8H,4-5H2,1-3H3,(H,11,12)(H,13,14). The molecular weight excluding hydrogens is 184 g/mol. The average Bonchev–Trinajstić information content (AvgIpc) is 2.11. The molecule has 0 fully saturated rings. The first-order valence-electron chi connectivity index (χ1n) is 4.91. The van der Waals surface area contributed by atoms with Crippen molar-refractivity contribution in [1.82, 2.24) is 0 Å². The number of carboxylic acids is 2. The Morgan fingerprint density at radius 1 is 1.07 bits per heavy atom. The largest absolute Gasteiger partial charge is 0.481 e. The maximum atomic E-state index is 10.9. The van der Waals surface area contributed by atoms with E-state index in [1.807, 2.05) is 6.92 Å². The minimum atomic E-state index is -1.01. The molecule has 0 rings (SSSR count). The molecule has 0 aromatic heterocycles. The Balaban J connectivity index is 4.78. The van der Waals surface area contributed by atoms with Crippen molar-refractivity contribution in [1.29, 1.82) is 0 Å². The van der Waals surface area contributed by atoms with Gasteiger partial charge >= 0.3 is 11.9 Å². The zero-order valence-electron chi connectivity index (χ0n) is 8.86. The first kappa shape index (κ1) is 12.9. The van der Waals surface area contributed by atoms with Crippen LogP contribution in [0.25, 0.3) is 0 Å². The van der Waals surface area contributed by atoms with E-state index in [2.05, 4.69) is 0 Å². The van der Waals surface area contributed by atoms with Crippen LogP contribution in [0.3, 0.4) is 0 Å². The predicted octanol–water partition coefficient (Wildman–Crippen LogP) is 1.84. The maximum Gasteiger partial charge on any atom is 0.307 e. The molecule has 0 aliphatic heterocycles. The van der Waals surface area contributed by atoms with E-state index >= 15 is 0 Å². The summed E-state index contributed by atoms with van der Waals surface area (Å²) in [5, 5.41) is 17.8. The monoisotopic (exact) mass is 202 g/mol. The Bertz CT molecular complexity index is 212. The van der Waals surface area contributed by atoms with Gasteiger partial charge < -0.3 is 10.2 Å². The summed E-state index contributed by atoms with van der Waals surface area (Å²) in [7, 11) is 0. The molecule has 3 unspecified atom stereocenters. The van der Waals surface area contributed by atoms with Crippen molar-refractivity contribution in [3.05, 3.63) is 0 Å². The van der Waals surface area contributed by atoms with Crippen molar-refractivity contribution >= 4 is 11.9 Å². The molecule has 0 aliphatic rings. The highest BCUT2D eigenvalue weighted by Crippen LogP contribution is 2.26. The van der Waals surface area contributed by atoms with Crippen molar-refractivity contribution in [2.75, 3.05) is 0 Å². The Hall–Kier alpha value is -1.06. The van der Waals surface area contributed by atoms with Gasteiger partial charge in [0.2, 0.25) is 0 Å². The zero-order valence-corrected chi connectivity index (χ0v) is 8.86. The molecule has 0 amide bonds. The highest BCUT2D eigenvalue weighted by Gasteiger charge is 2.35. The van der Waals surface area contributed by atoms with Gasteiger partial charge in [-0.2, -0.15) is 0 Å². The number of hydrogen-bond donors (Lipinski definition) is 2. The summed E-state index contributed by atoms with van der Waals surface area (Å²) < 4.78 is 0. The van der Waals surface area contributed by atoms with E-state index in [0.29, 0.717) is 12.8 Å². The van der Waals surface area contributed by atoms with Crippen LogP contribution >= 0.6 is 0 Å². The van der Waals surface area contributed by atoms with Gasteiger partial charge in [-0.05, 0) is 12.3 Å². The van der Waals surface area contributed by atoms with Gasteiger partial charge in [0.25, 0.3) is 0 Å². The number of hydrogen-bond acceptors (Lipinski definition) is 2. The van der Waals surface area contributed by atoms with Crippen molar-refractivity contribution in [3.63, 3.8) is 0 Å². The van der Waals surface area contributed by atoms with E-state index in [1.54, 1.807) is 13.8 Å². The molecule has 0 aromatic rings. The van der Waals surface area contributed by atoms with Crippen LogP contribution < -0.4 is 0 Å². The lowest BCUT2D eigenvalue weighted by atomic mass is 9.80. The smallest absolute Gasteiger partial charge is 0.307 e. The van der Waals surface area contributed by atoms with Crippen LogP contribution in [0.15, 0.2) is 0 Å². The Morgan fingerprint density at radius 3 is 1.79 bits per heavy atom. The molecule has 4 nitrogen and oxygen atoms in total. The second-order valence-electron chi connectivity index (χ2n) is 3.60. The van der Waals surface area contributed by atoms with E-state index in [1.165, 1.54) is 0 Å². The third-order valence-electron chi connectivity index (χ3n) is 2.73. The number of aliphatic carboxylic acids is 2. The van der Waals surface area contributed by atoms with Crippen molar-refractivity contribution in [3.8, 4) is 0 Å². The van der Waals surface area contributed by atoms with Gasteiger partial charge in [0.05, 0.1) is 11.8 Å². The minimum absolute atomic E-state index is 0.103. The fraction of sp³-hybridized carbons (Fsp3) is 0.800. The van der Waals surface area contributed by atoms with E-state index in [0.717, 1.165) is 0 Å². The lowest BCUT2D eigenvalue weighted by molar-refractivity contribution is -0.156. The molecule has 82 valence electrons. The van der Waals surface area contributed by atoms with Gasteiger partial charge in [-0.1, -0.05) is 27.2 Å². The summed E-state index contributed by atoms with van der Waals surface area (Å²) >= 11 is 0. The third-order valence-corrected chi connectivity index (χ3v) is 2.73. The van der Waals surface area contributed by atoms with Crippen LogP contribution in [0.5, 0.6) is 0 Å². The van der Waals surface area contributed by atoms with E-state index < -0.39 is 23.8 Å². The molecule has 0 saturated carbocycles. The van der Waals surface area contributed by atoms with Crippen molar-refractivity contribution < 1.29 is 19.8 Å². The average molecular weight is 202 g/mol. The lowest BCUT2D eigenvalue weighted by Gasteiger charge is -2.24. The SMILES string of the molecule is CCC(C)C(C(=O)O)C(CC)C(=O)O. The minimum Gasteiger partial charge on any atom is -0.481 e. The lowest BCUT2D eigenvalue weighted by Crippen LogP contribution is -2.34. The Kier molecular flexibility index (Phi) is 5.20. The van der Waals surface area contributed by atoms with Crippen LogP contribution in [0, 0.1) is 17.8 Å². The number of rotatable bonds is 6. The molecular formula is C10H18O4. The molecule has 0 radical (unpaired) electrons. The summed E-state index contributed by atoms with van der Waals surface area (Å²) in [4.78, 5) is 21.8. The molecule has 4 heteroatoms. The quantitative estimate of drug-likeness (QED) is 0.689. The van der Waals surface area contributed by atoms with Gasteiger partial charge in [0, 0.05) is 0 Å². The molecule has 2 N–H and O–H groups in total. The number of carbonyl (C=O) groups is 2. The molecule has 0 saturated heterocycles. The second kappa shape index (κ2) is 5.62. The van der Waals surface area contributed by atoms with Crippen molar-refractivity contribution in [2.24, 2.45) is 17.8 Å². The van der Waals surface area contributed by atoms with Crippen LogP contribution in [-0.4, -0.2) is 22.2 Å². The normalized spacial score (nSPS) is 17.1. The highest BCUT2D eigenvalue weighted by atomic mass is 16.4. The molecule has 0 aromatic carbocycles. The third kappa shape index (κ3) is 3.01. The van der Waals surface area contributed by atoms with Gasteiger partial charge in [-0.15, -0.1) is 0 Å². The fourth-order valence-electron chi connectivity index (χ4n) is 1.65. The summed E-state index contributed by atoms with van der Waals surface area (Å²) in [6.07, 6.45) is 1.04.